The van der Waals surface area contributed by atoms with Gasteiger partial charge in [-0.1, -0.05) is 84.0 Å². The number of nitrogens with zero attached hydrogens (tertiary/aromatic N) is 3. The number of aromatic amines is 1. The van der Waals surface area contributed by atoms with Crippen LogP contribution in [0.2, 0.25) is 36.3 Å². The van der Waals surface area contributed by atoms with E-state index in [-0.39, 0.29) is 33.3 Å². The van der Waals surface area contributed by atoms with Gasteiger partial charge in [-0.3, -0.25) is 28.7 Å². The molecule has 2 N–H and O–H groups in total. The van der Waals surface area contributed by atoms with E-state index in [1.54, 1.807) is 10.9 Å². The average Bonchev–Trinajstić information content (AvgIpc) is 3.81. The Hall–Kier alpha value is -5.21. The van der Waals surface area contributed by atoms with Crippen LogP contribution in [0.5, 0.6) is 0 Å². The molecule has 3 heterocycles. The summed E-state index contributed by atoms with van der Waals surface area (Å²) in [6.07, 6.45) is -3.01. The van der Waals surface area contributed by atoms with Gasteiger partial charge in [0.15, 0.2) is 46.1 Å². The molecular weight excluding hydrogens is 863 g/mol. The number of carbonyl (C=O) groups excluding carboxylic acids is 3. The number of benzene rings is 4. The third-order valence-corrected chi connectivity index (χ3v) is 23.1. The van der Waals surface area contributed by atoms with Gasteiger partial charge in [-0.15, -0.1) is 0 Å². The van der Waals surface area contributed by atoms with Crippen molar-refractivity contribution in [2.75, 3.05) is 11.9 Å². The molecular formula is C48H61N5O10Si2. The molecule has 1 aliphatic heterocycles. The quantitative estimate of drug-likeness (QED) is 0.0543. The monoisotopic (exact) mass is 923 g/mol. The molecule has 0 radical (unpaired) electrons. The standard InChI is InChI=1S/C48H61N5O10Si2/c1-25(54)59-41-32-21-30-18-17-28-15-14-16-29-19-20-31(37(30)36(28)29)38(32)39(42(60-26(2)55)43(41)61-27(3)56)50-46-51-44-40(45(57)52-46)49-24-53(44)35-22-33(63-65(12,13)48(7,8)9)34(62-35)23-58-64(10,11)47(4,5)6/h14-21,24,33-35,39,41-43H,22-23H2,1-13H3,(H2,50,51,52,57)/t33-,34+,35+,39-,41-,42+,43+/m0/s1. The van der Waals surface area contributed by atoms with Gasteiger partial charge >= 0.3 is 17.9 Å². The van der Waals surface area contributed by atoms with Crippen LogP contribution in [0.4, 0.5) is 5.95 Å². The van der Waals surface area contributed by atoms with Crippen molar-refractivity contribution in [3.63, 3.8) is 0 Å². The highest BCUT2D eigenvalue weighted by Crippen LogP contribution is 2.50. The van der Waals surface area contributed by atoms with Crippen molar-refractivity contribution in [1.29, 1.82) is 0 Å². The Labute approximate surface area is 380 Å². The van der Waals surface area contributed by atoms with Crippen molar-refractivity contribution < 1.29 is 42.2 Å². The van der Waals surface area contributed by atoms with Crippen LogP contribution in [0.15, 0.2) is 59.7 Å². The number of aromatic nitrogens is 4. The molecule has 8 rings (SSSR count). The molecule has 1 aliphatic carbocycles. The van der Waals surface area contributed by atoms with E-state index < -0.39 is 76.8 Å². The van der Waals surface area contributed by atoms with Gasteiger partial charge in [-0.25, -0.2) is 4.98 Å². The van der Waals surface area contributed by atoms with Gasteiger partial charge in [0.05, 0.1) is 25.1 Å². The van der Waals surface area contributed by atoms with Gasteiger partial charge in [-0.2, -0.15) is 4.98 Å². The number of nitrogens with one attached hydrogen (secondary N) is 2. The second-order valence-electron chi connectivity index (χ2n) is 20.6. The van der Waals surface area contributed by atoms with Gasteiger partial charge in [0, 0.05) is 32.8 Å². The predicted octanol–water partition coefficient (Wildman–Crippen LogP) is 9.35. The summed E-state index contributed by atoms with van der Waals surface area (Å²) in [6.45, 7) is 26.2. The summed E-state index contributed by atoms with van der Waals surface area (Å²) in [4.78, 5) is 65.1. The molecule has 0 spiro atoms. The van der Waals surface area contributed by atoms with Gasteiger partial charge in [0.2, 0.25) is 5.95 Å². The first-order valence-corrected chi connectivity index (χ1v) is 28.1. The maximum atomic E-state index is 14.0. The molecule has 1 fully saturated rings. The summed E-state index contributed by atoms with van der Waals surface area (Å²) < 4.78 is 40.3. The third-order valence-electron chi connectivity index (χ3n) is 14.1. The van der Waals surface area contributed by atoms with Gasteiger partial charge < -0.3 is 33.1 Å². The Balaban J connectivity index is 1.25. The van der Waals surface area contributed by atoms with E-state index >= 15 is 0 Å². The molecule has 17 heteroatoms. The Morgan fingerprint density at radius 2 is 1.45 bits per heavy atom. The zero-order valence-corrected chi connectivity index (χ0v) is 41.6. The number of carbonyl (C=O) groups is 3. The largest absolute Gasteiger partial charge is 0.456 e. The number of anilines is 1. The molecule has 0 unspecified atom stereocenters. The lowest BCUT2D eigenvalue weighted by Gasteiger charge is -2.43. The van der Waals surface area contributed by atoms with E-state index in [1.807, 2.05) is 48.5 Å². The van der Waals surface area contributed by atoms with Gasteiger partial charge in [0.25, 0.3) is 5.56 Å². The maximum absolute atomic E-state index is 14.0. The minimum Gasteiger partial charge on any atom is -0.456 e. The van der Waals surface area contributed by atoms with Crippen molar-refractivity contribution in [3.8, 4) is 0 Å². The van der Waals surface area contributed by atoms with Crippen LogP contribution in [0.25, 0.3) is 43.5 Å². The summed E-state index contributed by atoms with van der Waals surface area (Å²) in [7, 11) is -4.44. The number of hydrogen-bond donors (Lipinski definition) is 2. The van der Waals surface area contributed by atoms with Crippen LogP contribution >= 0.6 is 0 Å². The van der Waals surface area contributed by atoms with Crippen molar-refractivity contribution in [2.24, 2.45) is 0 Å². The lowest BCUT2D eigenvalue weighted by molar-refractivity contribution is -0.187. The number of rotatable bonds is 11. The summed E-state index contributed by atoms with van der Waals surface area (Å²) in [6, 6.07) is 15.0. The Bertz CT molecular complexity index is 2860. The second-order valence-corrected chi connectivity index (χ2v) is 30.2. The second kappa shape index (κ2) is 16.6. The highest BCUT2D eigenvalue weighted by Gasteiger charge is 2.51. The fourth-order valence-corrected chi connectivity index (χ4v) is 11.2. The fraction of sp³-hybridized carbons (Fsp3) is 0.500. The molecule has 6 aromatic rings. The molecule has 4 aromatic carbocycles. The number of H-pyrrole nitrogens is 1. The smallest absolute Gasteiger partial charge is 0.303 e. The molecule has 15 nitrogen and oxygen atoms in total. The van der Waals surface area contributed by atoms with Gasteiger partial charge in [-0.05, 0) is 80.2 Å². The van der Waals surface area contributed by atoms with Gasteiger partial charge in [0.1, 0.15) is 12.3 Å². The topological polar surface area (TPSA) is 182 Å². The van der Waals surface area contributed by atoms with E-state index in [4.69, 9.17) is 32.8 Å². The molecule has 65 heavy (non-hydrogen) atoms. The molecule has 0 amide bonds. The Kier molecular flexibility index (Phi) is 11.8. The van der Waals surface area contributed by atoms with Crippen LogP contribution in [-0.2, 0) is 42.2 Å². The molecule has 0 saturated carbocycles. The van der Waals surface area contributed by atoms with E-state index in [2.05, 4.69) is 83.0 Å². The summed E-state index contributed by atoms with van der Waals surface area (Å²) in [5, 5.41) is 8.99. The summed E-state index contributed by atoms with van der Waals surface area (Å²) in [5.74, 6) is -1.95. The van der Waals surface area contributed by atoms with E-state index in [1.165, 1.54) is 20.8 Å². The zero-order valence-electron chi connectivity index (χ0n) is 39.6. The predicted molar refractivity (Wildman–Crippen MR) is 254 cm³/mol. The lowest BCUT2D eigenvalue weighted by Crippen LogP contribution is -2.50. The normalized spacial score (nSPS) is 23.0. The third kappa shape index (κ3) is 8.57. The number of ether oxygens (including phenoxy) is 4. The number of esters is 3. The zero-order chi connectivity index (χ0) is 47.1. The van der Waals surface area contributed by atoms with Crippen molar-refractivity contribution in [3.05, 3.63) is 76.3 Å². The van der Waals surface area contributed by atoms with E-state index in [0.717, 1.165) is 32.3 Å². The number of hydrogen-bond acceptors (Lipinski definition) is 13. The first-order chi connectivity index (χ1) is 30.3. The van der Waals surface area contributed by atoms with E-state index in [0.29, 0.717) is 24.2 Å². The molecule has 346 valence electrons. The van der Waals surface area contributed by atoms with Crippen molar-refractivity contribution in [2.45, 2.75) is 148 Å². The van der Waals surface area contributed by atoms with Crippen LogP contribution in [0.3, 0.4) is 0 Å². The molecule has 2 aliphatic rings. The van der Waals surface area contributed by atoms with Crippen LogP contribution in [0, 0.1) is 0 Å². The van der Waals surface area contributed by atoms with Crippen LogP contribution in [-0.4, -0.2) is 85.1 Å². The van der Waals surface area contributed by atoms with Crippen molar-refractivity contribution in [1.82, 2.24) is 19.5 Å². The minimum absolute atomic E-state index is 0.0135. The van der Waals surface area contributed by atoms with E-state index in [9.17, 15) is 19.2 Å². The minimum atomic E-state index is -2.28. The highest BCUT2D eigenvalue weighted by molar-refractivity contribution is 6.74. The highest BCUT2D eigenvalue weighted by atomic mass is 28.4. The maximum Gasteiger partial charge on any atom is 0.303 e. The number of imidazole rings is 1. The summed E-state index contributed by atoms with van der Waals surface area (Å²) >= 11 is 0. The molecule has 0 bridgehead atoms. The van der Waals surface area contributed by atoms with Crippen molar-refractivity contribution >= 4 is 84.0 Å². The number of fused-ring (bicyclic) bond motifs is 3. The van der Waals surface area contributed by atoms with Crippen LogP contribution in [0.1, 0.15) is 98.2 Å². The first-order valence-electron chi connectivity index (χ1n) is 22.3. The molecule has 1 saturated heterocycles. The molecule has 2 aromatic heterocycles. The first kappa shape index (κ1) is 46.3. The Morgan fingerprint density at radius 3 is 2.08 bits per heavy atom. The van der Waals surface area contributed by atoms with Crippen LogP contribution < -0.4 is 10.9 Å². The molecule has 7 atom stereocenters. The average molecular weight is 924 g/mol. The Morgan fingerprint density at radius 1 is 0.831 bits per heavy atom. The summed E-state index contributed by atoms with van der Waals surface area (Å²) in [5.41, 5.74) is 0.972. The fourth-order valence-electron chi connectivity index (χ4n) is 8.81. The SMILES string of the molecule is CC(=O)O[C@H]1[C@H](OC(C)=O)[C@@H](OC(C)=O)c2cc3ccc4cccc5ccc(c2[C@@H]1Nc1nc2c(ncn2[C@H]2C[C@H](O[Si](C)(C)C(C)(C)C)[C@@H](CO[Si](C)(C)C(C)(C)C)O2)c(=O)[nH]1)c3c45. The lowest BCUT2D eigenvalue weighted by atomic mass is 9.77.